The summed E-state index contributed by atoms with van der Waals surface area (Å²) in [4.78, 5) is 0. The fraction of sp³-hybridized carbons (Fsp3) is 0.400. The highest BCUT2D eigenvalue weighted by atomic mass is 32.2. The lowest BCUT2D eigenvalue weighted by atomic mass is 10.2. The highest BCUT2D eigenvalue weighted by Gasteiger charge is 2.19. The Morgan fingerprint density at radius 3 is 2.40 bits per heavy atom. The van der Waals surface area contributed by atoms with Crippen LogP contribution in [0, 0.1) is 0 Å². The minimum absolute atomic E-state index is 0.339. The van der Waals surface area contributed by atoms with Crippen molar-refractivity contribution in [3.05, 3.63) is 35.9 Å². The van der Waals surface area contributed by atoms with Crippen LogP contribution in [-0.4, -0.2) is 18.3 Å². The van der Waals surface area contributed by atoms with E-state index in [9.17, 15) is 8.42 Å². The first-order valence-corrected chi connectivity index (χ1v) is 6.28. The van der Waals surface area contributed by atoms with Crippen molar-refractivity contribution < 1.29 is 13.0 Å². The van der Waals surface area contributed by atoms with Gasteiger partial charge in [0.05, 0.1) is 0 Å². The summed E-state index contributed by atoms with van der Waals surface area (Å²) in [5, 5.41) is 1.90. The fourth-order valence-electron chi connectivity index (χ4n) is 1.29. The Hall–Kier alpha value is -0.910. The van der Waals surface area contributed by atoms with E-state index in [1.54, 1.807) is 6.92 Å². The molecule has 0 amide bonds. The molecule has 15 heavy (non-hydrogen) atoms. The zero-order chi connectivity index (χ0) is 11.3. The third-order valence-corrected chi connectivity index (χ3v) is 3.33. The number of nitrogens with one attached hydrogen (secondary N) is 1. The van der Waals surface area contributed by atoms with E-state index in [-0.39, 0.29) is 0 Å². The normalized spacial score (nSPS) is 13.7. The fourth-order valence-corrected chi connectivity index (χ4v) is 2.00. The molecule has 1 aromatic rings. The predicted octanol–water partition coefficient (Wildman–Crippen LogP) is 1.40. The Bertz CT molecular complexity index is 388. The zero-order valence-electron chi connectivity index (χ0n) is 8.55. The van der Waals surface area contributed by atoms with Crippen LogP contribution in [0.15, 0.2) is 30.3 Å². The second kappa shape index (κ2) is 5.25. The minimum Gasteiger partial charge on any atom is -0.295 e. The monoisotopic (exact) mass is 229 g/mol. The molecule has 0 heterocycles. The van der Waals surface area contributed by atoms with Gasteiger partial charge in [0.1, 0.15) is 5.37 Å². The molecule has 0 aliphatic rings. The van der Waals surface area contributed by atoms with Gasteiger partial charge in [0.25, 0.3) is 10.1 Å². The van der Waals surface area contributed by atoms with Crippen molar-refractivity contribution in [1.82, 2.24) is 5.32 Å². The Morgan fingerprint density at radius 1 is 1.33 bits per heavy atom. The highest BCUT2D eigenvalue weighted by Crippen LogP contribution is 2.03. The summed E-state index contributed by atoms with van der Waals surface area (Å²) in [7, 11) is -4.00. The number of hydrogen-bond donors (Lipinski definition) is 2. The molecule has 0 radical (unpaired) electrons. The Labute approximate surface area is 90.1 Å². The van der Waals surface area contributed by atoms with Gasteiger partial charge in [0, 0.05) is 6.54 Å². The van der Waals surface area contributed by atoms with Gasteiger partial charge in [0.2, 0.25) is 0 Å². The smallest absolute Gasteiger partial charge is 0.281 e. The van der Waals surface area contributed by atoms with Crippen LogP contribution in [-0.2, 0) is 16.7 Å². The largest absolute Gasteiger partial charge is 0.295 e. The van der Waals surface area contributed by atoms with E-state index in [0.29, 0.717) is 13.0 Å². The van der Waals surface area contributed by atoms with Crippen LogP contribution in [0.2, 0.25) is 0 Å². The first-order chi connectivity index (χ1) is 7.04. The molecule has 1 aromatic carbocycles. The molecule has 0 saturated carbocycles. The predicted molar refractivity (Wildman–Crippen MR) is 58.9 cm³/mol. The van der Waals surface area contributed by atoms with Gasteiger partial charge in [-0.05, 0) is 12.0 Å². The maximum atomic E-state index is 10.9. The van der Waals surface area contributed by atoms with Gasteiger partial charge in [-0.2, -0.15) is 8.42 Å². The van der Waals surface area contributed by atoms with Crippen LogP contribution in [0.25, 0.3) is 0 Å². The van der Waals surface area contributed by atoms with Crippen molar-refractivity contribution >= 4 is 10.1 Å². The SMILES string of the molecule is CCC(NCc1ccccc1)S(=O)(=O)O. The molecule has 0 aliphatic carbocycles. The number of benzene rings is 1. The van der Waals surface area contributed by atoms with Crippen molar-refractivity contribution in [2.45, 2.75) is 25.3 Å². The molecule has 0 spiro atoms. The highest BCUT2D eigenvalue weighted by molar-refractivity contribution is 7.86. The molecule has 0 saturated heterocycles. The molecule has 84 valence electrons. The van der Waals surface area contributed by atoms with Gasteiger partial charge < -0.3 is 0 Å². The van der Waals surface area contributed by atoms with Crippen LogP contribution in [0.3, 0.4) is 0 Å². The molecule has 0 aliphatic heterocycles. The number of rotatable bonds is 5. The molecule has 5 heteroatoms. The molecule has 1 atom stereocenters. The van der Waals surface area contributed by atoms with E-state index >= 15 is 0 Å². The summed E-state index contributed by atoms with van der Waals surface area (Å²) in [5.41, 5.74) is 0.986. The third-order valence-electron chi connectivity index (χ3n) is 2.11. The van der Waals surface area contributed by atoms with E-state index in [2.05, 4.69) is 5.32 Å². The van der Waals surface area contributed by atoms with Crippen molar-refractivity contribution in [3.8, 4) is 0 Å². The van der Waals surface area contributed by atoms with Crippen molar-refractivity contribution in [2.24, 2.45) is 0 Å². The lowest BCUT2D eigenvalue weighted by Gasteiger charge is -2.13. The Morgan fingerprint density at radius 2 is 1.93 bits per heavy atom. The Balaban J connectivity index is 2.56. The van der Waals surface area contributed by atoms with Crippen molar-refractivity contribution in [3.63, 3.8) is 0 Å². The molecule has 1 unspecified atom stereocenters. The lowest BCUT2D eigenvalue weighted by Crippen LogP contribution is -2.35. The van der Waals surface area contributed by atoms with E-state index in [0.717, 1.165) is 5.56 Å². The van der Waals surface area contributed by atoms with Crippen LogP contribution in [0.1, 0.15) is 18.9 Å². The van der Waals surface area contributed by atoms with Crippen molar-refractivity contribution in [1.29, 1.82) is 0 Å². The van der Waals surface area contributed by atoms with Crippen molar-refractivity contribution in [2.75, 3.05) is 0 Å². The van der Waals surface area contributed by atoms with Gasteiger partial charge in [-0.25, -0.2) is 0 Å². The van der Waals surface area contributed by atoms with Crippen LogP contribution in [0.5, 0.6) is 0 Å². The van der Waals surface area contributed by atoms with Crippen LogP contribution in [0.4, 0.5) is 0 Å². The lowest BCUT2D eigenvalue weighted by molar-refractivity contribution is 0.445. The topological polar surface area (TPSA) is 66.4 Å². The summed E-state index contributed by atoms with van der Waals surface area (Å²) in [5.74, 6) is 0. The standard InChI is InChI=1S/C10H15NO3S/c1-2-10(15(12,13)14)11-8-9-6-4-3-5-7-9/h3-7,10-11H,2,8H2,1H3,(H,12,13,14). The van der Waals surface area contributed by atoms with Gasteiger partial charge in [0.15, 0.2) is 0 Å². The third kappa shape index (κ3) is 3.99. The van der Waals surface area contributed by atoms with E-state index < -0.39 is 15.5 Å². The zero-order valence-corrected chi connectivity index (χ0v) is 9.37. The summed E-state index contributed by atoms with van der Waals surface area (Å²) >= 11 is 0. The molecular weight excluding hydrogens is 214 g/mol. The second-order valence-electron chi connectivity index (χ2n) is 3.28. The molecule has 0 fully saturated rings. The summed E-state index contributed by atoms with van der Waals surface area (Å²) in [6.45, 7) is 2.13. The minimum atomic E-state index is -4.00. The van der Waals surface area contributed by atoms with Gasteiger partial charge in [-0.15, -0.1) is 0 Å². The van der Waals surface area contributed by atoms with E-state index in [1.165, 1.54) is 0 Å². The second-order valence-corrected chi connectivity index (χ2v) is 4.88. The van der Waals surface area contributed by atoms with Gasteiger partial charge in [-0.3, -0.25) is 9.87 Å². The average molecular weight is 229 g/mol. The maximum absolute atomic E-state index is 10.9. The van der Waals surface area contributed by atoms with Gasteiger partial charge in [-0.1, -0.05) is 37.3 Å². The molecule has 0 bridgehead atoms. The molecule has 1 rings (SSSR count). The Kier molecular flexibility index (Phi) is 4.26. The molecule has 4 nitrogen and oxygen atoms in total. The maximum Gasteiger partial charge on any atom is 0.281 e. The first-order valence-electron chi connectivity index (χ1n) is 4.77. The molecule has 2 N–H and O–H groups in total. The van der Waals surface area contributed by atoms with E-state index in [4.69, 9.17) is 4.55 Å². The van der Waals surface area contributed by atoms with Crippen LogP contribution < -0.4 is 5.32 Å². The molecule has 0 aromatic heterocycles. The number of hydrogen-bond acceptors (Lipinski definition) is 3. The van der Waals surface area contributed by atoms with Gasteiger partial charge >= 0.3 is 0 Å². The van der Waals surface area contributed by atoms with Crippen LogP contribution >= 0.6 is 0 Å². The summed E-state index contributed by atoms with van der Waals surface area (Å²) < 4.78 is 30.6. The summed E-state index contributed by atoms with van der Waals surface area (Å²) in [6, 6.07) is 9.44. The summed E-state index contributed by atoms with van der Waals surface area (Å²) in [6.07, 6.45) is 0.339. The van der Waals surface area contributed by atoms with E-state index in [1.807, 2.05) is 30.3 Å². The quantitative estimate of drug-likeness (QED) is 0.749. The molecular formula is C10H15NO3S. The first kappa shape index (κ1) is 12.2. The average Bonchev–Trinajstić information content (AvgIpc) is 2.18.